The molecule has 0 unspecified atom stereocenters. The molecule has 0 heterocycles. The van der Waals surface area contributed by atoms with Gasteiger partial charge in [-0.3, -0.25) is 4.79 Å². The fraction of sp³-hybridized carbons (Fsp3) is 0.611. The smallest absolute Gasteiger partial charge is 0.220 e. The van der Waals surface area contributed by atoms with Crippen LogP contribution in [0.2, 0.25) is 0 Å². The third-order valence-electron chi connectivity index (χ3n) is 4.26. The summed E-state index contributed by atoms with van der Waals surface area (Å²) in [4.78, 5) is 13.7. The molecular weight excluding hydrogens is 276 g/mol. The first kappa shape index (κ1) is 18.5. The molecule has 22 heavy (non-hydrogen) atoms. The number of carbonyl (C=O) groups excluding carboxylic acids is 1. The van der Waals surface area contributed by atoms with Crippen molar-refractivity contribution in [3.8, 4) is 5.75 Å². The zero-order valence-electron chi connectivity index (χ0n) is 14.7. The molecule has 1 rings (SSSR count). The molecular formula is C18H31N2O2+. The van der Waals surface area contributed by atoms with Crippen molar-refractivity contribution in [2.24, 2.45) is 0 Å². The van der Waals surface area contributed by atoms with Crippen LogP contribution >= 0.6 is 0 Å². The van der Waals surface area contributed by atoms with Gasteiger partial charge in [-0.05, 0) is 12.5 Å². The minimum atomic E-state index is -0.205. The van der Waals surface area contributed by atoms with E-state index in [9.17, 15) is 4.79 Å². The number of carbonyl (C=O) groups is 1. The van der Waals surface area contributed by atoms with E-state index in [2.05, 4.69) is 39.3 Å². The summed E-state index contributed by atoms with van der Waals surface area (Å²) in [7, 11) is 5.92. The van der Waals surface area contributed by atoms with Crippen LogP contribution in [-0.4, -0.2) is 40.2 Å². The first-order chi connectivity index (χ1) is 10.4. The minimum Gasteiger partial charge on any atom is -0.496 e. The van der Waals surface area contributed by atoms with Gasteiger partial charge in [0.15, 0.2) is 0 Å². The Morgan fingerprint density at radius 3 is 2.59 bits per heavy atom. The van der Waals surface area contributed by atoms with Gasteiger partial charge in [0.25, 0.3) is 0 Å². The normalized spacial score (nSPS) is 13.7. The van der Waals surface area contributed by atoms with Crippen molar-refractivity contribution in [3.05, 3.63) is 29.8 Å². The van der Waals surface area contributed by atoms with E-state index in [0.717, 1.165) is 37.2 Å². The number of para-hydroxylation sites is 1. The Balaban J connectivity index is 2.68. The highest BCUT2D eigenvalue weighted by Crippen LogP contribution is 2.37. The third-order valence-corrected chi connectivity index (χ3v) is 4.26. The Bertz CT molecular complexity index is 474. The monoisotopic (exact) mass is 307 g/mol. The molecule has 0 aliphatic rings. The number of amides is 1. The predicted molar refractivity (Wildman–Crippen MR) is 90.6 cm³/mol. The largest absolute Gasteiger partial charge is 0.496 e. The van der Waals surface area contributed by atoms with E-state index in [1.54, 1.807) is 7.11 Å². The number of methoxy groups -OCH3 is 1. The summed E-state index contributed by atoms with van der Waals surface area (Å²) in [6.07, 6.45) is 2.38. The highest BCUT2D eigenvalue weighted by molar-refractivity contribution is 5.77. The first-order valence-corrected chi connectivity index (χ1v) is 8.12. The molecule has 1 amide bonds. The molecule has 1 aromatic rings. The number of quaternary nitrogens is 1. The van der Waals surface area contributed by atoms with Crippen LogP contribution in [-0.2, 0) is 10.2 Å². The van der Waals surface area contributed by atoms with Crippen LogP contribution in [0.25, 0.3) is 0 Å². The summed E-state index contributed by atoms with van der Waals surface area (Å²) in [5.74, 6) is 0.972. The topological polar surface area (TPSA) is 42.8 Å². The molecule has 2 N–H and O–H groups in total. The second-order valence-corrected chi connectivity index (χ2v) is 6.45. The summed E-state index contributed by atoms with van der Waals surface area (Å²) in [6.45, 7) is 6.07. The van der Waals surface area contributed by atoms with Crippen LogP contribution in [0.1, 0.15) is 38.7 Å². The summed E-state index contributed by atoms with van der Waals surface area (Å²) >= 11 is 0. The van der Waals surface area contributed by atoms with Crippen LogP contribution in [0.15, 0.2) is 24.3 Å². The summed E-state index contributed by atoms with van der Waals surface area (Å²) < 4.78 is 5.47. The van der Waals surface area contributed by atoms with Crippen molar-refractivity contribution in [2.75, 3.05) is 34.3 Å². The lowest BCUT2D eigenvalue weighted by atomic mass is 9.76. The van der Waals surface area contributed by atoms with Crippen molar-refractivity contribution in [1.29, 1.82) is 0 Å². The van der Waals surface area contributed by atoms with E-state index in [-0.39, 0.29) is 11.3 Å². The van der Waals surface area contributed by atoms with Crippen LogP contribution in [0.3, 0.4) is 0 Å². The van der Waals surface area contributed by atoms with E-state index in [4.69, 9.17) is 4.74 Å². The summed E-state index contributed by atoms with van der Waals surface area (Å²) in [5, 5.41) is 3.04. The average molecular weight is 307 g/mol. The second kappa shape index (κ2) is 8.79. The van der Waals surface area contributed by atoms with Crippen molar-refractivity contribution in [2.45, 2.75) is 38.5 Å². The molecule has 4 heteroatoms. The van der Waals surface area contributed by atoms with Crippen LogP contribution in [0.4, 0.5) is 0 Å². The highest BCUT2D eigenvalue weighted by atomic mass is 16.5. The minimum absolute atomic E-state index is 0.115. The molecule has 4 nitrogen and oxygen atoms in total. The van der Waals surface area contributed by atoms with Gasteiger partial charge >= 0.3 is 0 Å². The Hall–Kier alpha value is -1.55. The van der Waals surface area contributed by atoms with Gasteiger partial charge in [-0.1, -0.05) is 32.0 Å². The standard InChI is InChI=1S/C18H30N2O2/c1-6-18(2,15-10-7-8-11-16(15)22-5)14-17(21)19-12-9-13-20(3)4/h7-8,10-11H,6,9,12-14H2,1-5H3,(H,19,21)/p+1/t18-/m0/s1. The molecule has 0 bridgehead atoms. The van der Waals surface area contributed by atoms with Crippen molar-refractivity contribution >= 4 is 5.91 Å². The average Bonchev–Trinajstić information content (AvgIpc) is 2.51. The lowest BCUT2D eigenvalue weighted by Gasteiger charge is -2.29. The number of ether oxygens (including phenoxy) is 1. The number of hydrogen-bond acceptors (Lipinski definition) is 2. The van der Waals surface area contributed by atoms with Gasteiger partial charge in [-0.25, -0.2) is 0 Å². The molecule has 0 spiro atoms. The SMILES string of the molecule is CC[C@@](C)(CC(=O)NCCC[NH+](C)C)c1ccccc1OC. The maximum Gasteiger partial charge on any atom is 0.220 e. The fourth-order valence-electron chi connectivity index (χ4n) is 2.64. The van der Waals surface area contributed by atoms with E-state index in [1.165, 1.54) is 4.90 Å². The molecule has 1 atom stereocenters. The Kier molecular flexibility index (Phi) is 7.39. The Labute approximate surface area is 134 Å². The highest BCUT2D eigenvalue weighted by Gasteiger charge is 2.30. The van der Waals surface area contributed by atoms with Gasteiger partial charge in [0.05, 0.1) is 27.7 Å². The Morgan fingerprint density at radius 2 is 2.00 bits per heavy atom. The molecule has 0 saturated carbocycles. The van der Waals surface area contributed by atoms with Gasteiger partial charge in [0.2, 0.25) is 5.91 Å². The van der Waals surface area contributed by atoms with Crippen LogP contribution in [0, 0.1) is 0 Å². The zero-order chi connectivity index (χ0) is 16.6. The van der Waals surface area contributed by atoms with Gasteiger partial charge in [-0.15, -0.1) is 0 Å². The van der Waals surface area contributed by atoms with Crippen molar-refractivity contribution in [3.63, 3.8) is 0 Å². The van der Waals surface area contributed by atoms with Crippen molar-refractivity contribution in [1.82, 2.24) is 5.32 Å². The van der Waals surface area contributed by atoms with Crippen molar-refractivity contribution < 1.29 is 14.4 Å². The van der Waals surface area contributed by atoms with Gasteiger partial charge in [0.1, 0.15) is 5.75 Å². The third kappa shape index (κ3) is 5.34. The van der Waals surface area contributed by atoms with E-state index < -0.39 is 0 Å². The predicted octanol–water partition coefficient (Wildman–Crippen LogP) is 1.40. The van der Waals surface area contributed by atoms with Crippen LogP contribution in [0.5, 0.6) is 5.75 Å². The molecule has 124 valence electrons. The quantitative estimate of drug-likeness (QED) is 0.677. The molecule has 0 saturated heterocycles. The molecule has 0 aliphatic carbocycles. The van der Waals surface area contributed by atoms with Gasteiger partial charge < -0.3 is 15.0 Å². The molecule has 0 aliphatic heterocycles. The zero-order valence-corrected chi connectivity index (χ0v) is 14.7. The maximum atomic E-state index is 12.3. The fourth-order valence-corrected chi connectivity index (χ4v) is 2.64. The summed E-state index contributed by atoms with van der Waals surface area (Å²) in [5.41, 5.74) is 0.900. The van der Waals surface area contributed by atoms with E-state index in [1.807, 2.05) is 18.2 Å². The van der Waals surface area contributed by atoms with Gasteiger partial charge in [0, 0.05) is 30.4 Å². The van der Waals surface area contributed by atoms with E-state index in [0.29, 0.717) is 6.42 Å². The number of nitrogens with one attached hydrogen (secondary N) is 2. The lowest BCUT2D eigenvalue weighted by Crippen LogP contribution is -3.05. The summed E-state index contributed by atoms with van der Waals surface area (Å²) in [6, 6.07) is 7.98. The molecule has 0 radical (unpaired) electrons. The second-order valence-electron chi connectivity index (χ2n) is 6.45. The van der Waals surface area contributed by atoms with Gasteiger partial charge in [-0.2, -0.15) is 0 Å². The number of rotatable bonds is 9. The first-order valence-electron chi connectivity index (χ1n) is 8.12. The molecule has 0 aromatic heterocycles. The number of benzene rings is 1. The van der Waals surface area contributed by atoms with Crippen LogP contribution < -0.4 is 15.0 Å². The maximum absolute atomic E-state index is 12.3. The lowest BCUT2D eigenvalue weighted by molar-refractivity contribution is -0.858. The van der Waals surface area contributed by atoms with E-state index >= 15 is 0 Å². The molecule has 0 fully saturated rings. The molecule has 1 aromatic carbocycles. The Morgan fingerprint density at radius 1 is 1.32 bits per heavy atom. The number of hydrogen-bond donors (Lipinski definition) is 2.